The number of hydrogen-bond donors (Lipinski definition) is 1. The minimum absolute atomic E-state index is 0.0943. The Morgan fingerprint density at radius 2 is 2.04 bits per heavy atom. The molecule has 0 saturated heterocycles. The van der Waals surface area contributed by atoms with Crippen molar-refractivity contribution < 1.29 is 13.9 Å². The SMILES string of the molecule is Cc1c(CC(=O)Nn2cnnc2)c(=O)oc2cc3c(cc12)CCC(C)(C)O3. The molecule has 1 N–H and O–H groups in total. The fraction of sp³-hybridized carbons (Fsp3) is 0.368. The molecule has 1 amide bonds. The van der Waals surface area contributed by atoms with Crippen LogP contribution in [0.4, 0.5) is 0 Å². The standard InChI is InChI=1S/C19H20N4O4/c1-11-13-6-12-4-5-19(2,3)27-15(12)8-16(13)26-18(25)14(11)7-17(24)22-23-9-20-21-10-23/h6,8-10H,4-5,7H2,1-3H3,(H,22,24). The van der Waals surface area contributed by atoms with E-state index in [1.165, 1.54) is 17.3 Å². The second kappa shape index (κ2) is 6.22. The molecule has 0 spiro atoms. The molecule has 0 aliphatic carbocycles. The molecule has 140 valence electrons. The molecule has 3 heterocycles. The van der Waals surface area contributed by atoms with E-state index in [0.29, 0.717) is 11.1 Å². The molecular formula is C19H20N4O4. The van der Waals surface area contributed by atoms with E-state index < -0.39 is 5.63 Å². The first-order chi connectivity index (χ1) is 12.8. The van der Waals surface area contributed by atoms with Crippen LogP contribution >= 0.6 is 0 Å². The van der Waals surface area contributed by atoms with E-state index in [1.807, 2.05) is 26.8 Å². The number of ether oxygens (including phenoxy) is 1. The Labute approximate surface area is 155 Å². The number of carbonyl (C=O) groups excluding carboxylic acids is 1. The van der Waals surface area contributed by atoms with Crippen LogP contribution in [-0.2, 0) is 17.6 Å². The molecular weight excluding hydrogens is 348 g/mol. The third-order valence-corrected chi connectivity index (χ3v) is 4.86. The first-order valence-electron chi connectivity index (χ1n) is 8.75. The highest BCUT2D eigenvalue weighted by atomic mass is 16.5. The van der Waals surface area contributed by atoms with Gasteiger partial charge in [0.2, 0.25) is 5.91 Å². The lowest BCUT2D eigenvalue weighted by atomic mass is 9.92. The van der Waals surface area contributed by atoms with Crippen molar-refractivity contribution in [3.05, 3.63) is 51.9 Å². The van der Waals surface area contributed by atoms with Gasteiger partial charge in [0.15, 0.2) is 0 Å². The summed E-state index contributed by atoms with van der Waals surface area (Å²) in [5, 5.41) is 8.05. The number of nitrogens with zero attached hydrogens (tertiary/aromatic N) is 3. The molecule has 0 saturated carbocycles. The molecule has 1 aliphatic rings. The minimum Gasteiger partial charge on any atom is -0.487 e. The molecule has 8 nitrogen and oxygen atoms in total. The fourth-order valence-electron chi connectivity index (χ4n) is 3.34. The third kappa shape index (κ3) is 3.30. The summed E-state index contributed by atoms with van der Waals surface area (Å²) < 4.78 is 12.8. The molecule has 1 aliphatic heterocycles. The third-order valence-electron chi connectivity index (χ3n) is 4.86. The van der Waals surface area contributed by atoms with Gasteiger partial charge in [-0.1, -0.05) is 0 Å². The topological polar surface area (TPSA) is 99.2 Å². The van der Waals surface area contributed by atoms with Gasteiger partial charge < -0.3 is 9.15 Å². The van der Waals surface area contributed by atoms with Crippen molar-refractivity contribution in [3.8, 4) is 5.75 Å². The van der Waals surface area contributed by atoms with Gasteiger partial charge in [0.25, 0.3) is 0 Å². The molecule has 27 heavy (non-hydrogen) atoms. The van der Waals surface area contributed by atoms with Crippen LogP contribution in [0.15, 0.2) is 34.0 Å². The summed E-state index contributed by atoms with van der Waals surface area (Å²) >= 11 is 0. The number of carbonyl (C=O) groups is 1. The molecule has 0 fully saturated rings. The maximum atomic E-state index is 12.5. The summed E-state index contributed by atoms with van der Waals surface area (Å²) in [5.74, 6) is 0.395. The summed E-state index contributed by atoms with van der Waals surface area (Å²) in [4.78, 5) is 24.7. The molecule has 0 bridgehead atoms. The lowest BCUT2D eigenvalue weighted by Gasteiger charge is -2.32. The van der Waals surface area contributed by atoms with Crippen LogP contribution in [0.25, 0.3) is 11.0 Å². The van der Waals surface area contributed by atoms with Gasteiger partial charge in [-0.15, -0.1) is 10.2 Å². The molecule has 0 atom stereocenters. The number of hydrogen-bond acceptors (Lipinski definition) is 6. The summed E-state index contributed by atoms with van der Waals surface area (Å²) in [7, 11) is 0. The second-order valence-electron chi connectivity index (χ2n) is 7.39. The zero-order valence-electron chi connectivity index (χ0n) is 15.4. The second-order valence-corrected chi connectivity index (χ2v) is 7.39. The zero-order chi connectivity index (χ0) is 19.2. The average molecular weight is 368 g/mol. The number of aryl methyl sites for hydroxylation is 2. The van der Waals surface area contributed by atoms with Crippen LogP contribution in [0.2, 0.25) is 0 Å². The van der Waals surface area contributed by atoms with Gasteiger partial charge in [-0.25, -0.2) is 9.47 Å². The highest BCUT2D eigenvalue weighted by Gasteiger charge is 2.27. The first-order valence-corrected chi connectivity index (χ1v) is 8.75. The van der Waals surface area contributed by atoms with Crippen LogP contribution in [0, 0.1) is 6.92 Å². The number of amides is 1. The summed E-state index contributed by atoms with van der Waals surface area (Å²) in [6, 6.07) is 3.78. The van der Waals surface area contributed by atoms with Crippen LogP contribution in [-0.4, -0.2) is 26.4 Å². The Morgan fingerprint density at radius 3 is 2.78 bits per heavy atom. The van der Waals surface area contributed by atoms with Crippen molar-refractivity contribution in [2.24, 2.45) is 0 Å². The molecule has 0 radical (unpaired) electrons. The number of fused-ring (bicyclic) bond motifs is 2. The van der Waals surface area contributed by atoms with E-state index in [-0.39, 0.29) is 17.9 Å². The predicted molar refractivity (Wildman–Crippen MR) is 98.3 cm³/mol. The molecule has 4 rings (SSSR count). The first kappa shape index (κ1) is 17.3. The summed E-state index contributed by atoms with van der Waals surface area (Å²) in [5.41, 5.74) is 4.46. The van der Waals surface area contributed by atoms with Crippen molar-refractivity contribution in [1.82, 2.24) is 14.9 Å². The lowest BCUT2D eigenvalue weighted by Crippen LogP contribution is -2.32. The van der Waals surface area contributed by atoms with E-state index in [0.717, 1.165) is 35.1 Å². The van der Waals surface area contributed by atoms with Crippen LogP contribution in [0.3, 0.4) is 0 Å². The Kier molecular flexibility index (Phi) is 3.98. The highest BCUT2D eigenvalue weighted by Crippen LogP contribution is 2.36. The van der Waals surface area contributed by atoms with Gasteiger partial charge in [0, 0.05) is 11.5 Å². The monoisotopic (exact) mass is 368 g/mol. The van der Waals surface area contributed by atoms with Crippen LogP contribution in [0.1, 0.15) is 37.0 Å². The van der Waals surface area contributed by atoms with Crippen molar-refractivity contribution >= 4 is 16.9 Å². The summed E-state index contributed by atoms with van der Waals surface area (Å²) in [6.45, 7) is 5.92. The maximum absolute atomic E-state index is 12.5. The van der Waals surface area contributed by atoms with E-state index >= 15 is 0 Å². The highest BCUT2D eigenvalue weighted by molar-refractivity contribution is 5.89. The Morgan fingerprint density at radius 1 is 1.30 bits per heavy atom. The Hall–Kier alpha value is -3.16. The number of rotatable bonds is 3. The number of nitrogens with one attached hydrogen (secondary N) is 1. The van der Waals surface area contributed by atoms with Gasteiger partial charge in [0.1, 0.15) is 29.6 Å². The number of benzene rings is 1. The van der Waals surface area contributed by atoms with Gasteiger partial charge in [-0.3, -0.25) is 10.2 Å². The molecule has 0 unspecified atom stereocenters. The maximum Gasteiger partial charge on any atom is 0.340 e. The summed E-state index contributed by atoms with van der Waals surface area (Å²) in [6.07, 6.45) is 4.43. The van der Waals surface area contributed by atoms with Crippen molar-refractivity contribution in [2.75, 3.05) is 5.43 Å². The number of aromatic nitrogens is 3. The Bertz CT molecular complexity index is 1080. The van der Waals surface area contributed by atoms with Gasteiger partial charge in [0.05, 0.1) is 12.0 Å². The molecule has 8 heteroatoms. The molecule has 3 aromatic rings. The molecule has 2 aromatic heterocycles. The van der Waals surface area contributed by atoms with Crippen molar-refractivity contribution in [1.29, 1.82) is 0 Å². The van der Waals surface area contributed by atoms with Gasteiger partial charge in [-0.05, 0) is 50.8 Å². The largest absolute Gasteiger partial charge is 0.487 e. The quantitative estimate of drug-likeness (QED) is 0.711. The Balaban J connectivity index is 1.70. The van der Waals surface area contributed by atoms with E-state index in [9.17, 15) is 9.59 Å². The van der Waals surface area contributed by atoms with Crippen LogP contribution in [0.5, 0.6) is 5.75 Å². The normalized spacial score (nSPS) is 15.2. The van der Waals surface area contributed by atoms with E-state index in [1.54, 1.807) is 6.07 Å². The van der Waals surface area contributed by atoms with Crippen LogP contribution < -0.4 is 15.8 Å². The minimum atomic E-state index is -0.520. The molecule has 1 aromatic carbocycles. The van der Waals surface area contributed by atoms with E-state index in [4.69, 9.17) is 9.15 Å². The van der Waals surface area contributed by atoms with Crippen molar-refractivity contribution in [3.63, 3.8) is 0 Å². The average Bonchev–Trinajstić information content (AvgIpc) is 3.09. The lowest BCUT2D eigenvalue weighted by molar-refractivity contribution is -0.116. The predicted octanol–water partition coefficient (Wildman–Crippen LogP) is 2.11. The van der Waals surface area contributed by atoms with E-state index in [2.05, 4.69) is 15.6 Å². The van der Waals surface area contributed by atoms with Gasteiger partial charge >= 0.3 is 5.63 Å². The van der Waals surface area contributed by atoms with Gasteiger partial charge in [-0.2, -0.15) is 0 Å². The smallest absolute Gasteiger partial charge is 0.340 e. The van der Waals surface area contributed by atoms with Crippen molar-refractivity contribution in [2.45, 2.75) is 45.6 Å². The fourth-order valence-corrected chi connectivity index (χ4v) is 3.34. The zero-order valence-corrected chi connectivity index (χ0v) is 15.4.